The molecule has 5 heteroatoms. The minimum Gasteiger partial charge on any atom is -0.384 e. The van der Waals surface area contributed by atoms with E-state index in [-0.39, 0.29) is 0 Å². The molecule has 1 heterocycles. The summed E-state index contributed by atoms with van der Waals surface area (Å²) in [5, 5.41) is 5.52. The smallest absolute Gasteiger partial charge is 0.125 e. The quantitative estimate of drug-likeness (QED) is 0.902. The number of benzene rings is 1. The zero-order valence-electron chi connectivity index (χ0n) is 10.5. The number of hydrogen-bond acceptors (Lipinski definition) is 2. The minimum atomic E-state index is 0.295. The van der Waals surface area contributed by atoms with Gasteiger partial charge in [-0.15, -0.1) is 0 Å². The van der Waals surface area contributed by atoms with Gasteiger partial charge in [0, 0.05) is 18.2 Å². The second kappa shape index (κ2) is 4.82. The predicted molar refractivity (Wildman–Crippen MR) is 77.2 cm³/mol. The molecular formula is C13H15Cl2N3. The number of aryl methyl sites for hydroxylation is 1. The number of nitrogens with two attached hydrogens (primary N) is 1. The van der Waals surface area contributed by atoms with Gasteiger partial charge in [-0.25, -0.2) is 0 Å². The van der Waals surface area contributed by atoms with E-state index in [1.165, 1.54) is 0 Å². The fraction of sp³-hybridized carbons (Fsp3) is 0.308. The monoisotopic (exact) mass is 283 g/mol. The molecule has 1 aromatic carbocycles. The zero-order chi connectivity index (χ0) is 13.4. The average Bonchev–Trinajstić information content (AvgIpc) is 2.59. The molecule has 0 atom stereocenters. The van der Waals surface area contributed by atoms with Crippen molar-refractivity contribution in [3.05, 3.63) is 33.8 Å². The first-order valence-corrected chi connectivity index (χ1v) is 6.45. The maximum atomic E-state index is 6.05. The van der Waals surface area contributed by atoms with Gasteiger partial charge in [0.05, 0.1) is 15.7 Å². The molecule has 0 saturated heterocycles. The summed E-state index contributed by atoms with van der Waals surface area (Å²) in [5.41, 5.74) is 8.88. The summed E-state index contributed by atoms with van der Waals surface area (Å²) in [7, 11) is 1.84. The van der Waals surface area contributed by atoms with Crippen LogP contribution in [-0.4, -0.2) is 9.78 Å². The Labute approximate surface area is 117 Å². The lowest BCUT2D eigenvalue weighted by Crippen LogP contribution is -2.00. The maximum Gasteiger partial charge on any atom is 0.125 e. The van der Waals surface area contributed by atoms with E-state index < -0.39 is 0 Å². The van der Waals surface area contributed by atoms with E-state index in [2.05, 4.69) is 18.9 Å². The Hall–Kier alpha value is -1.19. The second-order valence-electron chi connectivity index (χ2n) is 4.55. The van der Waals surface area contributed by atoms with Gasteiger partial charge in [-0.1, -0.05) is 43.1 Å². The van der Waals surface area contributed by atoms with Crippen LogP contribution in [0.3, 0.4) is 0 Å². The van der Waals surface area contributed by atoms with Crippen LogP contribution in [0.1, 0.15) is 25.3 Å². The van der Waals surface area contributed by atoms with E-state index >= 15 is 0 Å². The van der Waals surface area contributed by atoms with Crippen molar-refractivity contribution >= 4 is 29.0 Å². The lowest BCUT2D eigenvalue weighted by Gasteiger charge is -2.07. The molecule has 0 fully saturated rings. The normalized spacial score (nSPS) is 11.2. The molecule has 0 spiro atoms. The van der Waals surface area contributed by atoms with Crippen molar-refractivity contribution in [2.45, 2.75) is 19.8 Å². The Morgan fingerprint density at radius 2 is 1.89 bits per heavy atom. The molecular weight excluding hydrogens is 269 g/mol. The molecule has 0 radical (unpaired) electrons. The first kappa shape index (κ1) is 13.2. The summed E-state index contributed by atoms with van der Waals surface area (Å²) in [4.78, 5) is 0. The van der Waals surface area contributed by atoms with E-state index in [0.717, 1.165) is 16.8 Å². The Morgan fingerprint density at radius 1 is 1.22 bits per heavy atom. The Morgan fingerprint density at radius 3 is 2.44 bits per heavy atom. The molecule has 3 nitrogen and oxygen atoms in total. The maximum absolute atomic E-state index is 6.05. The summed E-state index contributed by atoms with van der Waals surface area (Å²) in [5.74, 6) is 0.981. The van der Waals surface area contributed by atoms with Crippen molar-refractivity contribution in [1.82, 2.24) is 9.78 Å². The van der Waals surface area contributed by atoms with Gasteiger partial charge in [-0.05, 0) is 18.1 Å². The highest BCUT2D eigenvalue weighted by Crippen LogP contribution is 2.35. The Kier molecular flexibility index (Phi) is 3.55. The van der Waals surface area contributed by atoms with Gasteiger partial charge in [0.1, 0.15) is 5.82 Å². The van der Waals surface area contributed by atoms with Crippen LogP contribution < -0.4 is 5.73 Å². The molecule has 18 heavy (non-hydrogen) atoms. The SMILES string of the molecule is CC(C)c1c(-c2ccc(Cl)c(Cl)c2)nn(C)c1N. The van der Waals surface area contributed by atoms with Crippen molar-refractivity contribution in [1.29, 1.82) is 0 Å². The van der Waals surface area contributed by atoms with Gasteiger partial charge in [0.25, 0.3) is 0 Å². The Bertz CT molecular complexity index is 588. The number of rotatable bonds is 2. The molecule has 0 amide bonds. The number of nitrogen functional groups attached to an aromatic ring is 1. The molecule has 1 aromatic heterocycles. The number of aromatic nitrogens is 2. The summed E-state index contributed by atoms with van der Waals surface area (Å²) >= 11 is 12.0. The van der Waals surface area contributed by atoms with Crippen LogP contribution in [0, 0.1) is 0 Å². The first-order chi connectivity index (χ1) is 8.41. The molecule has 2 aromatic rings. The highest BCUT2D eigenvalue weighted by atomic mass is 35.5. The molecule has 2 N–H and O–H groups in total. The van der Waals surface area contributed by atoms with Crippen LogP contribution in [0.5, 0.6) is 0 Å². The third-order valence-electron chi connectivity index (χ3n) is 2.90. The van der Waals surface area contributed by atoms with Crippen LogP contribution in [0.4, 0.5) is 5.82 Å². The van der Waals surface area contributed by atoms with Crippen molar-refractivity contribution < 1.29 is 0 Å². The summed E-state index contributed by atoms with van der Waals surface area (Å²) in [6.07, 6.45) is 0. The van der Waals surface area contributed by atoms with Crippen LogP contribution in [0.2, 0.25) is 10.0 Å². The first-order valence-electron chi connectivity index (χ1n) is 5.69. The van der Waals surface area contributed by atoms with Gasteiger partial charge < -0.3 is 5.73 Å². The number of nitrogens with zero attached hydrogens (tertiary/aromatic N) is 2. The average molecular weight is 284 g/mol. The lowest BCUT2D eigenvalue weighted by molar-refractivity contribution is 0.780. The van der Waals surface area contributed by atoms with Crippen molar-refractivity contribution in [2.75, 3.05) is 5.73 Å². The fourth-order valence-corrected chi connectivity index (χ4v) is 2.28. The van der Waals surface area contributed by atoms with Crippen LogP contribution in [-0.2, 0) is 7.05 Å². The number of halogens is 2. The summed E-state index contributed by atoms with van der Waals surface area (Å²) in [6.45, 7) is 4.18. The highest BCUT2D eigenvalue weighted by Gasteiger charge is 2.18. The van der Waals surface area contributed by atoms with Crippen LogP contribution in [0.25, 0.3) is 11.3 Å². The van der Waals surface area contributed by atoms with Crippen molar-refractivity contribution in [2.24, 2.45) is 7.05 Å². The van der Waals surface area contributed by atoms with Crippen LogP contribution >= 0.6 is 23.2 Å². The minimum absolute atomic E-state index is 0.295. The van der Waals surface area contributed by atoms with Crippen LogP contribution in [0.15, 0.2) is 18.2 Å². The van der Waals surface area contributed by atoms with E-state index in [1.54, 1.807) is 10.7 Å². The van der Waals surface area contributed by atoms with Gasteiger partial charge in [0.15, 0.2) is 0 Å². The molecule has 0 aliphatic heterocycles. The second-order valence-corrected chi connectivity index (χ2v) is 5.37. The third kappa shape index (κ3) is 2.20. The topological polar surface area (TPSA) is 43.8 Å². The third-order valence-corrected chi connectivity index (χ3v) is 3.64. The van der Waals surface area contributed by atoms with E-state index in [0.29, 0.717) is 21.8 Å². The van der Waals surface area contributed by atoms with Gasteiger partial charge >= 0.3 is 0 Å². The zero-order valence-corrected chi connectivity index (χ0v) is 12.0. The number of hydrogen-bond donors (Lipinski definition) is 1. The van der Waals surface area contributed by atoms with Gasteiger partial charge in [-0.2, -0.15) is 5.10 Å². The standard InChI is InChI=1S/C13H15Cl2N3/c1-7(2)11-12(17-18(3)13(11)16)8-4-5-9(14)10(15)6-8/h4-7H,16H2,1-3H3. The van der Waals surface area contributed by atoms with Crippen molar-refractivity contribution in [3.8, 4) is 11.3 Å². The van der Waals surface area contributed by atoms with E-state index in [4.69, 9.17) is 28.9 Å². The largest absolute Gasteiger partial charge is 0.384 e. The molecule has 0 unspecified atom stereocenters. The summed E-state index contributed by atoms with van der Waals surface area (Å²) in [6, 6.07) is 5.49. The predicted octanol–water partition coefficient (Wildman–Crippen LogP) is 4.10. The van der Waals surface area contributed by atoms with E-state index in [1.807, 2.05) is 19.2 Å². The molecule has 0 aliphatic carbocycles. The molecule has 96 valence electrons. The molecule has 0 saturated carbocycles. The molecule has 2 rings (SSSR count). The molecule has 0 bridgehead atoms. The fourth-order valence-electron chi connectivity index (χ4n) is 1.98. The van der Waals surface area contributed by atoms with Crippen molar-refractivity contribution in [3.63, 3.8) is 0 Å². The summed E-state index contributed by atoms with van der Waals surface area (Å²) < 4.78 is 1.69. The highest BCUT2D eigenvalue weighted by molar-refractivity contribution is 6.42. The number of anilines is 1. The van der Waals surface area contributed by atoms with E-state index in [9.17, 15) is 0 Å². The lowest BCUT2D eigenvalue weighted by atomic mass is 9.99. The Balaban J connectivity index is 2.63. The molecule has 0 aliphatic rings. The van der Waals surface area contributed by atoms with Gasteiger partial charge in [0.2, 0.25) is 0 Å². The van der Waals surface area contributed by atoms with Gasteiger partial charge in [-0.3, -0.25) is 4.68 Å².